The first-order valence-electron chi connectivity index (χ1n) is 5.73. The minimum Gasteiger partial charge on any atom is -0.284 e. The molecule has 1 aliphatic heterocycles. The fourth-order valence-electron chi connectivity index (χ4n) is 2.23. The average Bonchev–Trinajstić information content (AvgIpc) is 2.38. The van der Waals surface area contributed by atoms with Crippen molar-refractivity contribution >= 4 is 5.71 Å². The predicted octanol–water partition coefficient (Wildman–Crippen LogP) is 3.22. The highest BCUT2D eigenvalue weighted by Crippen LogP contribution is 2.20. The molecule has 3 rings (SSSR count). The van der Waals surface area contributed by atoms with Crippen molar-refractivity contribution in [3.63, 3.8) is 0 Å². The Morgan fingerprint density at radius 2 is 1.88 bits per heavy atom. The van der Waals surface area contributed by atoms with E-state index < -0.39 is 0 Å². The van der Waals surface area contributed by atoms with Crippen LogP contribution in [0.4, 0.5) is 4.39 Å². The molecule has 0 spiro atoms. The Labute approximate surface area is 99.6 Å². The predicted molar refractivity (Wildman–Crippen MR) is 67.1 cm³/mol. The Balaban J connectivity index is 2.13. The first kappa shape index (κ1) is 10.2. The van der Waals surface area contributed by atoms with Crippen LogP contribution >= 0.6 is 0 Å². The van der Waals surface area contributed by atoms with Gasteiger partial charge in [0, 0.05) is 17.7 Å². The highest BCUT2D eigenvalue weighted by molar-refractivity contribution is 6.14. The summed E-state index contributed by atoms with van der Waals surface area (Å²) < 4.78 is 13.2. The molecular weight excluding hydrogens is 213 g/mol. The van der Waals surface area contributed by atoms with Crippen molar-refractivity contribution in [2.45, 2.75) is 6.42 Å². The van der Waals surface area contributed by atoms with Gasteiger partial charge in [-0.05, 0) is 24.1 Å². The number of hydrogen-bond donors (Lipinski definition) is 0. The maximum absolute atomic E-state index is 13.2. The van der Waals surface area contributed by atoms with Crippen LogP contribution in [0.15, 0.2) is 53.5 Å². The first-order chi connectivity index (χ1) is 8.34. The van der Waals surface area contributed by atoms with Crippen molar-refractivity contribution in [1.82, 2.24) is 0 Å². The lowest BCUT2D eigenvalue weighted by molar-refractivity contribution is 0.627. The van der Waals surface area contributed by atoms with E-state index in [1.165, 1.54) is 11.6 Å². The molecule has 0 amide bonds. The molecule has 1 aliphatic rings. The van der Waals surface area contributed by atoms with Crippen molar-refractivity contribution in [3.05, 3.63) is 71.0 Å². The van der Waals surface area contributed by atoms with E-state index in [2.05, 4.69) is 17.1 Å². The SMILES string of the molecule is Fc1cccc(C2=NCCc3ccccc32)c1. The van der Waals surface area contributed by atoms with E-state index in [9.17, 15) is 4.39 Å². The molecule has 0 N–H and O–H groups in total. The molecule has 0 radical (unpaired) electrons. The summed E-state index contributed by atoms with van der Waals surface area (Å²) in [6, 6.07) is 14.8. The third-order valence-electron chi connectivity index (χ3n) is 3.02. The highest BCUT2D eigenvalue weighted by Gasteiger charge is 2.15. The van der Waals surface area contributed by atoms with Gasteiger partial charge in [0.1, 0.15) is 5.82 Å². The molecule has 84 valence electrons. The van der Waals surface area contributed by atoms with E-state index in [-0.39, 0.29) is 5.82 Å². The van der Waals surface area contributed by atoms with E-state index in [1.54, 1.807) is 12.1 Å². The van der Waals surface area contributed by atoms with Crippen LogP contribution in [-0.2, 0) is 6.42 Å². The number of halogens is 1. The Hall–Kier alpha value is -1.96. The Morgan fingerprint density at radius 1 is 1.00 bits per heavy atom. The number of nitrogens with zero attached hydrogens (tertiary/aromatic N) is 1. The minimum absolute atomic E-state index is 0.215. The molecule has 0 saturated carbocycles. The number of benzene rings is 2. The number of rotatable bonds is 1. The van der Waals surface area contributed by atoms with Crippen LogP contribution in [0.5, 0.6) is 0 Å². The van der Waals surface area contributed by atoms with E-state index in [1.807, 2.05) is 18.2 Å². The maximum Gasteiger partial charge on any atom is 0.123 e. The highest BCUT2D eigenvalue weighted by atomic mass is 19.1. The largest absolute Gasteiger partial charge is 0.284 e. The van der Waals surface area contributed by atoms with Gasteiger partial charge in [0.25, 0.3) is 0 Å². The average molecular weight is 225 g/mol. The maximum atomic E-state index is 13.2. The molecule has 2 aromatic carbocycles. The second kappa shape index (κ2) is 4.13. The number of fused-ring (bicyclic) bond motifs is 1. The Bertz CT molecular complexity index is 587. The van der Waals surface area contributed by atoms with Crippen LogP contribution < -0.4 is 0 Å². The first-order valence-corrected chi connectivity index (χ1v) is 5.73. The van der Waals surface area contributed by atoms with Crippen LogP contribution in [0.2, 0.25) is 0 Å². The van der Waals surface area contributed by atoms with E-state index in [4.69, 9.17) is 0 Å². The van der Waals surface area contributed by atoms with Crippen LogP contribution in [0, 0.1) is 5.82 Å². The van der Waals surface area contributed by atoms with E-state index >= 15 is 0 Å². The molecule has 0 unspecified atom stereocenters. The summed E-state index contributed by atoms with van der Waals surface area (Å²) in [6.07, 6.45) is 0.967. The monoisotopic (exact) mass is 225 g/mol. The summed E-state index contributed by atoms with van der Waals surface area (Å²) in [5.74, 6) is -0.215. The van der Waals surface area contributed by atoms with Crippen LogP contribution in [0.25, 0.3) is 0 Å². The van der Waals surface area contributed by atoms with Gasteiger partial charge in [0.05, 0.1) is 5.71 Å². The minimum atomic E-state index is -0.215. The van der Waals surface area contributed by atoms with Gasteiger partial charge in [-0.2, -0.15) is 0 Å². The van der Waals surface area contributed by atoms with Gasteiger partial charge in [-0.1, -0.05) is 36.4 Å². The van der Waals surface area contributed by atoms with Gasteiger partial charge < -0.3 is 0 Å². The summed E-state index contributed by atoms with van der Waals surface area (Å²) in [5.41, 5.74) is 4.19. The smallest absolute Gasteiger partial charge is 0.123 e. The van der Waals surface area contributed by atoms with Gasteiger partial charge in [-0.25, -0.2) is 4.39 Å². The van der Waals surface area contributed by atoms with Crippen molar-refractivity contribution in [2.24, 2.45) is 4.99 Å². The zero-order valence-electron chi connectivity index (χ0n) is 9.36. The van der Waals surface area contributed by atoms with Crippen LogP contribution in [0.3, 0.4) is 0 Å². The van der Waals surface area contributed by atoms with Gasteiger partial charge in [0.2, 0.25) is 0 Å². The van der Waals surface area contributed by atoms with Crippen molar-refractivity contribution < 1.29 is 4.39 Å². The van der Waals surface area contributed by atoms with Gasteiger partial charge in [0.15, 0.2) is 0 Å². The second-order valence-corrected chi connectivity index (χ2v) is 4.15. The molecule has 0 aliphatic carbocycles. The molecule has 1 nitrogen and oxygen atoms in total. The molecule has 2 heteroatoms. The zero-order chi connectivity index (χ0) is 11.7. The standard InChI is InChI=1S/C15H12FN/c16-13-6-3-5-12(10-13)15-14-7-2-1-4-11(14)8-9-17-15/h1-7,10H,8-9H2. The lowest BCUT2D eigenvalue weighted by Gasteiger charge is -2.16. The molecule has 0 aromatic heterocycles. The third kappa shape index (κ3) is 1.86. The number of aliphatic imine (C=N–C) groups is 1. The van der Waals surface area contributed by atoms with Crippen molar-refractivity contribution in [3.8, 4) is 0 Å². The number of hydrogen-bond acceptors (Lipinski definition) is 1. The quantitative estimate of drug-likeness (QED) is 0.706. The summed E-state index contributed by atoms with van der Waals surface area (Å²) in [7, 11) is 0. The van der Waals surface area contributed by atoms with Crippen LogP contribution in [0.1, 0.15) is 16.7 Å². The lowest BCUT2D eigenvalue weighted by Crippen LogP contribution is -2.14. The molecule has 17 heavy (non-hydrogen) atoms. The topological polar surface area (TPSA) is 12.4 Å². The summed E-state index contributed by atoms with van der Waals surface area (Å²) in [6.45, 7) is 0.781. The molecular formula is C15H12FN. The third-order valence-corrected chi connectivity index (χ3v) is 3.02. The fourth-order valence-corrected chi connectivity index (χ4v) is 2.23. The van der Waals surface area contributed by atoms with E-state index in [0.717, 1.165) is 29.8 Å². The van der Waals surface area contributed by atoms with Gasteiger partial charge in [-0.3, -0.25) is 4.99 Å². The van der Waals surface area contributed by atoms with Gasteiger partial charge >= 0.3 is 0 Å². The van der Waals surface area contributed by atoms with Crippen LogP contribution in [-0.4, -0.2) is 12.3 Å². The molecule has 0 saturated heterocycles. The van der Waals surface area contributed by atoms with Gasteiger partial charge in [-0.15, -0.1) is 0 Å². The van der Waals surface area contributed by atoms with E-state index in [0.29, 0.717) is 0 Å². The molecule has 0 atom stereocenters. The summed E-state index contributed by atoms with van der Waals surface area (Å²) in [4.78, 5) is 4.53. The summed E-state index contributed by atoms with van der Waals surface area (Å²) >= 11 is 0. The normalized spacial score (nSPS) is 14.1. The molecule has 0 fully saturated rings. The fraction of sp³-hybridized carbons (Fsp3) is 0.133. The lowest BCUT2D eigenvalue weighted by atomic mass is 9.93. The Kier molecular flexibility index (Phi) is 2.48. The summed E-state index contributed by atoms with van der Waals surface area (Å²) in [5, 5.41) is 0. The molecule has 1 heterocycles. The molecule has 2 aromatic rings. The molecule has 0 bridgehead atoms. The second-order valence-electron chi connectivity index (χ2n) is 4.15. The Morgan fingerprint density at radius 3 is 2.76 bits per heavy atom. The van der Waals surface area contributed by atoms with Crippen molar-refractivity contribution in [2.75, 3.05) is 6.54 Å². The van der Waals surface area contributed by atoms with Crippen molar-refractivity contribution in [1.29, 1.82) is 0 Å². The zero-order valence-corrected chi connectivity index (χ0v) is 9.36.